The van der Waals surface area contributed by atoms with Crippen LogP contribution in [-0.2, 0) is 0 Å². The maximum Gasteiger partial charge on any atom is 0.180 e. The van der Waals surface area contributed by atoms with Crippen molar-refractivity contribution in [1.82, 2.24) is 25.1 Å². The molecule has 5 nitrogen and oxygen atoms in total. The molecule has 13 heavy (non-hydrogen) atoms. The normalized spacial score (nSPS) is 9.92. The molecule has 0 atom stereocenters. The van der Waals surface area contributed by atoms with E-state index >= 15 is 0 Å². The summed E-state index contributed by atoms with van der Waals surface area (Å²) in [6.07, 6.45) is 4.61. The van der Waals surface area contributed by atoms with Crippen LogP contribution in [0.3, 0.4) is 0 Å². The molecule has 0 unspecified atom stereocenters. The summed E-state index contributed by atoms with van der Waals surface area (Å²) in [5, 5.41) is 7.27. The van der Waals surface area contributed by atoms with E-state index in [4.69, 9.17) is 0 Å². The molecule has 64 valence electrons. The van der Waals surface area contributed by atoms with Crippen molar-refractivity contribution in [3.63, 3.8) is 0 Å². The average molecular weight is 173 g/mol. The molecule has 0 saturated heterocycles. The zero-order chi connectivity index (χ0) is 9.10. The lowest BCUT2D eigenvalue weighted by molar-refractivity contribution is 0.958. The lowest BCUT2D eigenvalue weighted by Crippen LogP contribution is -1.94. The number of hydrogen-bond donors (Lipinski definition) is 0. The molecule has 0 amide bonds. The highest BCUT2D eigenvalue weighted by Crippen LogP contribution is 2.07. The minimum Gasteiger partial charge on any atom is -0.235 e. The van der Waals surface area contributed by atoms with Crippen LogP contribution >= 0.6 is 0 Å². The fourth-order valence-electron chi connectivity index (χ4n) is 0.927. The van der Waals surface area contributed by atoms with Crippen molar-refractivity contribution >= 4 is 0 Å². The molecule has 0 aliphatic rings. The van der Waals surface area contributed by atoms with Crippen LogP contribution in [0.4, 0.5) is 0 Å². The third-order valence-corrected chi connectivity index (χ3v) is 1.52. The summed E-state index contributed by atoms with van der Waals surface area (Å²) in [4.78, 5) is 12.3. The number of aryl methyl sites for hydroxylation is 1. The van der Waals surface area contributed by atoms with E-state index in [0.717, 1.165) is 5.69 Å². The van der Waals surface area contributed by atoms with Gasteiger partial charge < -0.3 is 0 Å². The summed E-state index contributed by atoms with van der Waals surface area (Å²) in [6.45, 7) is 1.90. The van der Waals surface area contributed by atoms with E-state index in [-0.39, 0.29) is 0 Å². The fourth-order valence-corrected chi connectivity index (χ4v) is 0.927. The van der Waals surface area contributed by atoms with Crippen molar-refractivity contribution in [3.05, 3.63) is 30.5 Å². The Bertz CT molecular complexity index is 400. The van der Waals surface area contributed by atoms with Crippen LogP contribution in [0.15, 0.2) is 24.8 Å². The Labute approximate surface area is 74.9 Å². The van der Waals surface area contributed by atoms with E-state index in [1.807, 2.05) is 13.0 Å². The first-order valence-electron chi connectivity index (χ1n) is 3.79. The quantitative estimate of drug-likeness (QED) is 0.633. The minimum atomic E-state index is 0.579. The molecule has 2 aromatic rings. The highest BCUT2D eigenvalue weighted by Gasteiger charge is 2.01. The highest BCUT2D eigenvalue weighted by atomic mass is 15.1. The van der Waals surface area contributed by atoms with Crippen LogP contribution in [0.1, 0.15) is 5.69 Å². The molecule has 2 aromatic heterocycles. The smallest absolute Gasteiger partial charge is 0.180 e. The molecule has 0 spiro atoms. The second-order valence-corrected chi connectivity index (χ2v) is 2.51. The molecule has 0 N–H and O–H groups in total. The van der Waals surface area contributed by atoms with Crippen molar-refractivity contribution in [1.29, 1.82) is 0 Å². The van der Waals surface area contributed by atoms with Crippen LogP contribution in [0.25, 0.3) is 11.5 Å². The summed E-state index contributed by atoms with van der Waals surface area (Å²) < 4.78 is 0. The van der Waals surface area contributed by atoms with Gasteiger partial charge >= 0.3 is 0 Å². The van der Waals surface area contributed by atoms with Gasteiger partial charge in [0.25, 0.3) is 0 Å². The Morgan fingerprint density at radius 3 is 2.77 bits per heavy atom. The van der Waals surface area contributed by atoms with E-state index in [2.05, 4.69) is 25.1 Å². The highest BCUT2D eigenvalue weighted by molar-refractivity contribution is 5.45. The second-order valence-electron chi connectivity index (χ2n) is 2.51. The van der Waals surface area contributed by atoms with Crippen LogP contribution in [0, 0.1) is 6.92 Å². The van der Waals surface area contributed by atoms with Gasteiger partial charge in [-0.1, -0.05) is 0 Å². The molecule has 2 rings (SSSR count). The van der Waals surface area contributed by atoms with Crippen LogP contribution in [0.2, 0.25) is 0 Å². The molecule has 0 saturated carbocycles. The third kappa shape index (κ3) is 1.64. The van der Waals surface area contributed by atoms with Gasteiger partial charge in [-0.2, -0.15) is 5.10 Å². The summed E-state index contributed by atoms with van der Waals surface area (Å²) in [5.41, 5.74) is 1.54. The molecule has 5 heteroatoms. The van der Waals surface area contributed by atoms with Crippen molar-refractivity contribution in [2.75, 3.05) is 0 Å². The van der Waals surface area contributed by atoms with Gasteiger partial charge in [0.1, 0.15) is 12.0 Å². The predicted octanol–water partition coefficient (Wildman–Crippen LogP) is 0.637. The predicted molar refractivity (Wildman–Crippen MR) is 45.6 cm³/mol. The third-order valence-electron chi connectivity index (χ3n) is 1.52. The monoisotopic (exact) mass is 173 g/mol. The largest absolute Gasteiger partial charge is 0.235 e. The van der Waals surface area contributed by atoms with Crippen LogP contribution in [-0.4, -0.2) is 25.1 Å². The van der Waals surface area contributed by atoms with Crippen molar-refractivity contribution in [2.45, 2.75) is 6.92 Å². The number of hydrogen-bond acceptors (Lipinski definition) is 5. The SMILES string of the molecule is Cc1ccnc(-c2cnncn2)n1. The maximum atomic E-state index is 4.20. The van der Waals surface area contributed by atoms with Crippen LogP contribution < -0.4 is 0 Å². The lowest BCUT2D eigenvalue weighted by atomic mass is 10.4. The zero-order valence-electron chi connectivity index (χ0n) is 7.05. The second kappa shape index (κ2) is 3.22. The number of rotatable bonds is 1. The van der Waals surface area contributed by atoms with Gasteiger partial charge in [-0.3, -0.25) is 0 Å². The topological polar surface area (TPSA) is 64.5 Å². The Hall–Kier alpha value is -1.91. The van der Waals surface area contributed by atoms with Crippen molar-refractivity contribution in [2.24, 2.45) is 0 Å². The van der Waals surface area contributed by atoms with E-state index < -0.39 is 0 Å². The van der Waals surface area contributed by atoms with E-state index in [1.165, 1.54) is 12.5 Å². The number of nitrogens with zero attached hydrogens (tertiary/aromatic N) is 5. The van der Waals surface area contributed by atoms with Gasteiger partial charge in [0.2, 0.25) is 0 Å². The molecule has 0 aromatic carbocycles. The fraction of sp³-hybridized carbons (Fsp3) is 0.125. The van der Waals surface area contributed by atoms with Gasteiger partial charge in [-0.05, 0) is 13.0 Å². The molecule has 0 fully saturated rings. The van der Waals surface area contributed by atoms with Gasteiger partial charge in [0.05, 0.1) is 6.20 Å². The Kier molecular flexibility index (Phi) is 1.91. The summed E-state index contributed by atoms with van der Waals surface area (Å²) in [5.74, 6) is 0.579. The molecule has 0 radical (unpaired) electrons. The molecular weight excluding hydrogens is 166 g/mol. The summed E-state index contributed by atoms with van der Waals surface area (Å²) in [6, 6.07) is 1.83. The maximum absolute atomic E-state index is 4.20. The summed E-state index contributed by atoms with van der Waals surface area (Å²) >= 11 is 0. The molecule has 0 bridgehead atoms. The first-order valence-corrected chi connectivity index (χ1v) is 3.79. The minimum absolute atomic E-state index is 0.579. The van der Waals surface area contributed by atoms with Crippen molar-refractivity contribution < 1.29 is 0 Å². The first-order chi connectivity index (χ1) is 6.36. The lowest BCUT2D eigenvalue weighted by Gasteiger charge is -1.97. The van der Waals surface area contributed by atoms with Gasteiger partial charge in [0.15, 0.2) is 5.82 Å². The molecule has 2 heterocycles. The molecule has 0 aliphatic carbocycles. The van der Waals surface area contributed by atoms with Crippen molar-refractivity contribution in [3.8, 4) is 11.5 Å². The van der Waals surface area contributed by atoms with Gasteiger partial charge in [-0.25, -0.2) is 15.0 Å². The Balaban J connectivity index is 2.48. The molecular formula is C8H7N5. The first kappa shape index (κ1) is 7.72. The van der Waals surface area contributed by atoms with Gasteiger partial charge in [0, 0.05) is 11.9 Å². The Morgan fingerprint density at radius 1 is 1.15 bits per heavy atom. The Morgan fingerprint density at radius 2 is 2.08 bits per heavy atom. The average Bonchev–Trinajstić information content (AvgIpc) is 2.19. The van der Waals surface area contributed by atoms with Gasteiger partial charge in [-0.15, -0.1) is 5.10 Å². The molecule has 0 aliphatic heterocycles. The van der Waals surface area contributed by atoms with E-state index in [0.29, 0.717) is 11.5 Å². The number of aromatic nitrogens is 5. The standard InChI is InChI=1S/C8H7N5/c1-6-2-3-9-8(13-6)7-4-11-12-5-10-7/h2-5H,1H3. The van der Waals surface area contributed by atoms with E-state index in [9.17, 15) is 0 Å². The zero-order valence-corrected chi connectivity index (χ0v) is 7.05. The van der Waals surface area contributed by atoms with E-state index in [1.54, 1.807) is 6.20 Å². The summed E-state index contributed by atoms with van der Waals surface area (Å²) in [7, 11) is 0. The van der Waals surface area contributed by atoms with Crippen LogP contribution in [0.5, 0.6) is 0 Å².